The number of hydrogen-bond acceptors (Lipinski definition) is 5. The van der Waals surface area contributed by atoms with Crippen LogP contribution in [-0.4, -0.2) is 28.7 Å². The molecule has 0 saturated heterocycles. The molecule has 2 aromatic rings. The van der Waals surface area contributed by atoms with Crippen LogP contribution in [0, 0.1) is 0 Å². The summed E-state index contributed by atoms with van der Waals surface area (Å²) in [4.78, 5) is 39.0. The molecule has 1 N–H and O–H groups in total. The number of esters is 1. The summed E-state index contributed by atoms with van der Waals surface area (Å²) in [5.74, 6) is -1.01. The lowest BCUT2D eigenvalue weighted by Gasteiger charge is -2.29. The van der Waals surface area contributed by atoms with Gasteiger partial charge in [0.25, 0.3) is 11.8 Å². The van der Waals surface area contributed by atoms with Gasteiger partial charge in [0.1, 0.15) is 16.5 Å². The summed E-state index contributed by atoms with van der Waals surface area (Å²) < 4.78 is 5.30. The maximum absolute atomic E-state index is 12.8. The molecule has 0 aromatic heterocycles. The van der Waals surface area contributed by atoms with Crippen LogP contribution in [0.3, 0.4) is 0 Å². The molecule has 0 radical (unpaired) electrons. The maximum Gasteiger partial charge on any atom is 0.343 e. The van der Waals surface area contributed by atoms with Crippen molar-refractivity contribution in [1.82, 2.24) is 4.90 Å². The molecule has 8 heteroatoms. The maximum atomic E-state index is 12.8. The number of anilines is 1. The number of nitrogens with one attached hydrogen (secondary N) is 1. The molecule has 1 fully saturated rings. The van der Waals surface area contributed by atoms with Gasteiger partial charge >= 0.3 is 5.97 Å². The minimum absolute atomic E-state index is 0.0636. The van der Waals surface area contributed by atoms with E-state index >= 15 is 0 Å². The van der Waals surface area contributed by atoms with Crippen molar-refractivity contribution in [2.24, 2.45) is 0 Å². The highest BCUT2D eigenvalue weighted by Gasteiger charge is 2.42. The number of carbonyl (C=O) groups is 3. The van der Waals surface area contributed by atoms with E-state index in [0.717, 1.165) is 32.1 Å². The smallest absolute Gasteiger partial charge is 0.343 e. The van der Waals surface area contributed by atoms with Crippen molar-refractivity contribution in [2.75, 3.05) is 5.32 Å². The number of amides is 2. The Hall–Kier alpha value is -2.83. The number of nitrogens with zero attached hydrogens (tertiary/aromatic N) is 1. The van der Waals surface area contributed by atoms with Crippen molar-refractivity contribution >= 4 is 46.7 Å². The van der Waals surface area contributed by atoms with Gasteiger partial charge in [-0.3, -0.25) is 14.5 Å². The van der Waals surface area contributed by atoms with Crippen molar-refractivity contribution in [1.29, 1.82) is 0 Å². The Bertz CT molecular complexity index is 1040. The Labute approximate surface area is 189 Å². The molecule has 2 aromatic carbocycles. The molecule has 0 spiro atoms. The first-order valence-electron chi connectivity index (χ1n) is 10.1. The summed E-state index contributed by atoms with van der Waals surface area (Å²) in [7, 11) is 0. The highest BCUT2D eigenvalue weighted by Crippen LogP contribution is 2.32. The summed E-state index contributed by atoms with van der Waals surface area (Å²) in [5.41, 5.74) is 0.926. The fourth-order valence-electron chi connectivity index (χ4n) is 3.80. The van der Waals surface area contributed by atoms with Crippen molar-refractivity contribution in [3.63, 3.8) is 0 Å². The van der Waals surface area contributed by atoms with E-state index in [4.69, 9.17) is 27.9 Å². The van der Waals surface area contributed by atoms with Gasteiger partial charge in [0.15, 0.2) is 0 Å². The monoisotopic (exact) mass is 458 g/mol. The second-order valence-electron chi connectivity index (χ2n) is 7.51. The van der Waals surface area contributed by atoms with E-state index in [2.05, 4.69) is 5.32 Å². The van der Waals surface area contributed by atoms with Gasteiger partial charge in [-0.05, 0) is 61.4 Å². The molecule has 0 unspecified atom stereocenters. The van der Waals surface area contributed by atoms with Gasteiger partial charge in [0.2, 0.25) is 0 Å². The second kappa shape index (κ2) is 9.12. The van der Waals surface area contributed by atoms with Gasteiger partial charge in [-0.25, -0.2) is 4.79 Å². The van der Waals surface area contributed by atoms with E-state index in [1.165, 1.54) is 4.90 Å². The van der Waals surface area contributed by atoms with Crippen LogP contribution in [0.2, 0.25) is 5.02 Å². The first-order valence-corrected chi connectivity index (χ1v) is 10.8. The van der Waals surface area contributed by atoms with E-state index in [-0.39, 0.29) is 16.8 Å². The van der Waals surface area contributed by atoms with Crippen molar-refractivity contribution in [3.05, 3.63) is 69.8 Å². The highest BCUT2D eigenvalue weighted by molar-refractivity contribution is 6.48. The molecule has 1 aliphatic carbocycles. The Morgan fingerprint density at radius 3 is 2.19 bits per heavy atom. The fraction of sp³-hybridized carbons (Fsp3) is 0.261. The Kier molecular flexibility index (Phi) is 6.30. The Balaban J connectivity index is 1.43. The molecule has 0 bridgehead atoms. The third-order valence-corrected chi connectivity index (χ3v) is 6.02. The van der Waals surface area contributed by atoms with Crippen LogP contribution in [0.1, 0.15) is 42.5 Å². The zero-order chi connectivity index (χ0) is 22.0. The Morgan fingerprint density at radius 1 is 0.903 bits per heavy atom. The lowest BCUT2D eigenvalue weighted by Crippen LogP contribution is -2.42. The van der Waals surface area contributed by atoms with Gasteiger partial charge < -0.3 is 10.1 Å². The molecule has 31 heavy (non-hydrogen) atoms. The lowest BCUT2D eigenvalue weighted by atomic mass is 9.94. The number of benzene rings is 2. The van der Waals surface area contributed by atoms with Crippen LogP contribution in [0.25, 0.3) is 0 Å². The molecule has 4 rings (SSSR count). The zero-order valence-corrected chi connectivity index (χ0v) is 18.1. The predicted octanol–water partition coefficient (Wildman–Crippen LogP) is 5.12. The van der Waals surface area contributed by atoms with Crippen LogP contribution in [0.4, 0.5) is 5.69 Å². The molecular weight excluding hydrogens is 439 g/mol. The minimum Gasteiger partial charge on any atom is -0.423 e. The molecule has 2 aliphatic rings. The van der Waals surface area contributed by atoms with Gasteiger partial charge in [-0.1, -0.05) is 42.5 Å². The van der Waals surface area contributed by atoms with Crippen LogP contribution >= 0.6 is 23.2 Å². The molecule has 0 atom stereocenters. The molecule has 6 nitrogen and oxygen atoms in total. The standard InChI is InChI=1S/C23H20Cl2N2O4/c24-15-8-12-18(13-9-15)31-23(30)14-6-10-16(11-7-14)26-20-19(25)21(28)27(22(20)29)17-4-2-1-3-5-17/h6-13,17,26H,1-5H2. The number of carbonyl (C=O) groups excluding carboxylic acids is 3. The summed E-state index contributed by atoms with van der Waals surface area (Å²) >= 11 is 12.0. The first kappa shape index (κ1) is 21.4. The first-order chi connectivity index (χ1) is 14.9. The van der Waals surface area contributed by atoms with E-state index in [9.17, 15) is 14.4 Å². The quantitative estimate of drug-likeness (QED) is 0.382. The number of halogens is 2. The van der Waals surface area contributed by atoms with Crippen LogP contribution < -0.4 is 10.1 Å². The van der Waals surface area contributed by atoms with Gasteiger partial charge in [0, 0.05) is 16.8 Å². The molecule has 1 aliphatic heterocycles. The third-order valence-electron chi connectivity index (χ3n) is 5.41. The fourth-order valence-corrected chi connectivity index (χ4v) is 4.15. The van der Waals surface area contributed by atoms with Crippen molar-refractivity contribution < 1.29 is 19.1 Å². The third kappa shape index (κ3) is 4.60. The normalized spacial score (nSPS) is 17.3. The van der Waals surface area contributed by atoms with E-state index in [1.54, 1.807) is 48.5 Å². The summed E-state index contributed by atoms with van der Waals surface area (Å²) in [6, 6.07) is 12.7. The Morgan fingerprint density at radius 2 is 1.55 bits per heavy atom. The minimum atomic E-state index is -0.526. The summed E-state index contributed by atoms with van der Waals surface area (Å²) in [5, 5.41) is 3.37. The number of imide groups is 1. The van der Waals surface area contributed by atoms with E-state index < -0.39 is 17.8 Å². The average molecular weight is 459 g/mol. The number of rotatable bonds is 5. The SMILES string of the molecule is O=C(Oc1ccc(Cl)cc1)c1ccc(NC2=C(Cl)C(=O)N(C3CCCCC3)C2=O)cc1. The number of hydrogen-bond donors (Lipinski definition) is 1. The predicted molar refractivity (Wildman–Crippen MR) is 118 cm³/mol. The second-order valence-corrected chi connectivity index (χ2v) is 8.32. The van der Waals surface area contributed by atoms with Gasteiger partial charge in [0.05, 0.1) is 5.56 Å². The largest absolute Gasteiger partial charge is 0.423 e. The van der Waals surface area contributed by atoms with E-state index in [0.29, 0.717) is 22.0 Å². The molecule has 1 saturated carbocycles. The molecule has 2 amide bonds. The van der Waals surface area contributed by atoms with Gasteiger partial charge in [-0.15, -0.1) is 0 Å². The van der Waals surface area contributed by atoms with Crippen LogP contribution in [0.15, 0.2) is 59.3 Å². The van der Waals surface area contributed by atoms with E-state index in [1.807, 2.05) is 0 Å². The molecule has 160 valence electrons. The lowest BCUT2D eigenvalue weighted by molar-refractivity contribution is -0.140. The van der Waals surface area contributed by atoms with Crippen molar-refractivity contribution in [2.45, 2.75) is 38.1 Å². The van der Waals surface area contributed by atoms with Gasteiger partial charge in [-0.2, -0.15) is 0 Å². The summed E-state index contributed by atoms with van der Waals surface area (Å²) in [6.45, 7) is 0. The van der Waals surface area contributed by atoms with Crippen molar-refractivity contribution in [3.8, 4) is 5.75 Å². The average Bonchev–Trinajstić information content (AvgIpc) is 2.99. The molecular formula is C23H20Cl2N2O4. The van der Waals surface area contributed by atoms with Crippen LogP contribution in [0.5, 0.6) is 5.75 Å². The molecule has 1 heterocycles. The number of ether oxygens (including phenoxy) is 1. The summed E-state index contributed by atoms with van der Waals surface area (Å²) in [6.07, 6.45) is 4.72. The van der Waals surface area contributed by atoms with Crippen LogP contribution in [-0.2, 0) is 9.59 Å². The topological polar surface area (TPSA) is 75.7 Å². The highest BCUT2D eigenvalue weighted by atomic mass is 35.5. The zero-order valence-electron chi connectivity index (χ0n) is 16.6.